The zero-order valence-corrected chi connectivity index (χ0v) is 11.3. The Kier molecular flexibility index (Phi) is 6.01. The third kappa shape index (κ3) is 5.03. The normalized spacial score (nSPS) is 9.95. The van der Waals surface area contributed by atoms with Crippen LogP contribution in [0.3, 0.4) is 0 Å². The maximum absolute atomic E-state index is 11.8. The molecule has 0 saturated heterocycles. The van der Waals surface area contributed by atoms with Gasteiger partial charge in [0.05, 0.1) is 23.6 Å². The van der Waals surface area contributed by atoms with Crippen LogP contribution in [0.15, 0.2) is 12.3 Å². The summed E-state index contributed by atoms with van der Waals surface area (Å²) in [7, 11) is 1.49. The molecule has 0 aromatic carbocycles. The second kappa shape index (κ2) is 7.75. The fraction of sp³-hybridized carbons (Fsp3) is 0.364. The van der Waals surface area contributed by atoms with Gasteiger partial charge < -0.3 is 21.1 Å². The lowest BCUT2D eigenvalue weighted by molar-refractivity contribution is -0.385. The number of nitrogens with one attached hydrogen (secondary N) is 2. The van der Waals surface area contributed by atoms with Gasteiger partial charge in [0.25, 0.3) is 11.6 Å². The highest BCUT2D eigenvalue weighted by molar-refractivity contribution is 6.00. The van der Waals surface area contributed by atoms with E-state index < -0.39 is 16.7 Å². The first-order chi connectivity index (χ1) is 9.95. The van der Waals surface area contributed by atoms with Gasteiger partial charge in [0.1, 0.15) is 12.0 Å². The molecule has 114 valence electrons. The average Bonchev–Trinajstić information content (AvgIpc) is 2.45. The maximum Gasteiger partial charge on any atom is 0.288 e. The first-order valence-corrected chi connectivity index (χ1v) is 5.89. The number of pyridine rings is 1. The van der Waals surface area contributed by atoms with Gasteiger partial charge in [-0.3, -0.25) is 19.7 Å². The molecule has 1 heterocycles. The lowest BCUT2D eigenvalue weighted by Gasteiger charge is -2.07. The smallest absolute Gasteiger partial charge is 0.288 e. The van der Waals surface area contributed by atoms with E-state index >= 15 is 0 Å². The number of ether oxygens (including phenoxy) is 1. The third-order valence-electron chi connectivity index (χ3n) is 2.40. The molecule has 0 aliphatic rings. The van der Waals surface area contributed by atoms with E-state index in [0.29, 0.717) is 13.2 Å². The summed E-state index contributed by atoms with van der Waals surface area (Å²) < 4.78 is 4.75. The van der Waals surface area contributed by atoms with Crippen LogP contribution in [0.2, 0.25) is 0 Å². The Morgan fingerprint density at radius 1 is 1.48 bits per heavy atom. The van der Waals surface area contributed by atoms with Crippen LogP contribution in [0.25, 0.3) is 0 Å². The number of aromatic nitrogens is 1. The Balaban J connectivity index is 2.61. The summed E-state index contributed by atoms with van der Waals surface area (Å²) in [6.45, 7) is 0.373. The lowest BCUT2D eigenvalue weighted by Crippen LogP contribution is -2.38. The van der Waals surface area contributed by atoms with E-state index in [2.05, 4.69) is 15.6 Å². The average molecular weight is 297 g/mol. The molecule has 0 saturated carbocycles. The number of hydrogen-bond donors (Lipinski definition) is 3. The predicted octanol–water partition coefficient (Wildman–Crippen LogP) is -0.936. The monoisotopic (exact) mass is 297 g/mol. The Hall–Kier alpha value is -2.75. The quantitative estimate of drug-likeness (QED) is 0.334. The molecule has 0 atom stereocenters. The number of nitrogens with two attached hydrogens (primary N) is 1. The standard InChI is InChI=1S/C11H15N5O5/c1-21-3-2-13-9(17)6-15-11(18)8-4-7(16(19)20)5-14-10(8)12/h4-5H,2-3,6H2,1H3,(H2,12,14)(H,13,17)(H,15,18). The number of nitrogens with zero attached hydrogens (tertiary/aromatic N) is 2. The van der Waals surface area contributed by atoms with Crippen LogP contribution < -0.4 is 16.4 Å². The fourth-order valence-corrected chi connectivity index (χ4v) is 1.36. The van der Waals surface area contributed by atoms with Crippen LogP contribution in [-0.4, -0.2) is 48.5 Å². The largest absolute Gasteiger partial charge is 0.383 e. The van der Waals surface area contributed by atoms with Crippen LogP contribution in [0.5, 0.6) is 0 Å². The van der Waals surface area contributed by atoms with E-state index in [1.165, 1.54) is 7.11 Å². The molecule has 0 bridgehead atoms. The van der Waals surface area contributed by atoms with Crippen molar-refractivity contribution in [2.75, 3.05) is 32.5 Å². The van der Waals surface area contributed by atoms with Crippen molar-refractivity contribution in [1.29, 1.82) is 0 Å². The van der Waals surface area contributed by atoms with Crippen molar-refractivity contribution in [2.24, 2.45) is 0 Å². The molecular weight excluding hydrogens is 282 g/mol. The van der Waals surface area contributed by atoms with Crippen molar-refractivity contribution in [1.82, 2.24) is 15.6 Å². The summed E-state index contributed by atoms with van der Waals surface area (Å²) in [5.41, 5.74) is 4.96. The highest BCUT2D eigenvalue weighted by Gasteiger charge is 2.17. The number of rotatable bonds is 7. The zero-order chi connectivity index (χ0) is 15.8. The Bertz CT molecular complexity index is 548. The van der Waals surface area contributed by atoms with Gasteiger partial charge in [0.15, 0.2) is 0 Å². The first-order valence-electron chi connectivity index (χ1n) is 5.89. The summed E-state index contributed by atoms with van der Waals surface area (Å²) in [5, 5.41) is 15.4. The number of amides is 2. The topological polar surface area (TPSA) is 149 Å². The second-order valence-corrected chi connectivity index (χ2v) is 3.91. The molecule has 0 aliphatic carbocycles. The van der Waals surface area contributed by atoms with Crippen molar-refractivity contribution >= 4 is 23.3 Å². The van der Waals surface area contributed by atoms with E-state index in [1.807, 2.05) is 0 Å². The zero-order valence-electron chi connectivity index (χ0n) is 11.3. The lowest BCUT2D eigenvalue weighted by atomic mass is 10.2. The van der Waals surface area contributed by atoms with Gasteiger partial charge in [-0.25, -0.2) is 4.98 Å². The number of hydrogen-bond acceptors (Lipinski definition) is 7. The molecule has 4 N–H and O–H groups in total. The molecule has 0 fully saturated rings. The van der Waals surface area contributed by atoms with Gasteiger partial charge in [0.2, 0.25) is 5.91 Å². The number of carbonyl (C=O) groups is 2. The minimum atomic E-state index is -0.717. The Labute approximate surface area is 119 Å². The SMILES string of the molecule is COCCNC(=O)CNC(=O)c1cc([N+](=O)[O-])cnc1N. The maximum atomic E-state index is 11.8. The Morgan fingerprint density at radius 3 is 2.81 bits per heavy atom. The van der Waals surface area contributed by atoms with Crippen LogP contribution in [0.4, 0.5) is 11.5 Å². The molecule has 0 unspecified atom stereocenters. The molecule has 21 heavy (non-hydrogen) atoms. The number of nitro groups is 1. The first kappa shape index (κ1) is 16.3. The minimum absolute atomic E-state index is 0.155. The summed E-state index contributed by atoms with van der Waals surface area (Å²) in [5.74, 6) is -1.29. The third-order valence-corrected chi connectivity index (χ3v) is 2.40. The number of methoxy groups -OCH3 is 1. The molecule has 2 amide bonds. The summed E-state index contributed by atoms with van der Waals surface area (Å²) in [4.78, 5) is 36.7. The van der Waals surface area contributed by atoms with E-state index in [0.717, 1.165) is 12.3 Å². The van der Waals surface area contributed by atoms with E-state index in [9.17, 15) is 19.7 Å². The van der Waals surface area contributed by atoms with Crippen LogP contribution in [-0.2, 0) is 9.53 Å². The van der Waals surface area contributed by atoms with Crippen molar-refractivity contribution in [3.8, 4) is 0 Å². The van der Waals surface area contributed by atoms with Crippen LogP contribution in [0.1, 0.15) is 10.4 Å². The van der Waals surface area contributed by atoms with Crippen LogP contribution >= 0.6 is 0 Å². The minimum Gasteiger partial charge on any atom is -0.383 e. The predicted molar refractivity (Wildman–Crippen MR) is 72.5 cm³/mol. The number of carbonyl (C=O) groups excluding carboxylic acids is 2. The van der Waals surface area contributed by atoms with Crippen molar-refractivity contribution < 1.29 is 19.2 Å². The Morgan fingerprint density at radius 2 is 2.19 bits per heavy atom. The molecule has 1 aromatic rings. The molecule has 10 heteroatoms. The van der Waals surface area contributed by atoms with E-state index in [1.54, 1.807) is 0 Å². The molecule has 0 aliphatic heterocycles. The van der Waals surface area contributed by atoms with E-state index in [4.69, 9.17) is 10.5 Å². The molecule has 1 aromatic heterocycles. The highest BCUT2D eigenvalue weighted by atomic mass is 16.6. The van der Waals surface area contributed by atoms with Crippen molar-refractivity contribution in [2.45, 2.75) is 0 Å². The number of nitrogen functional groups attached to an aromatic ring is 1. The molecule has 1 rings (SSSR count). The second-order valence-electron chi connectivity index (χ2n) is 3.91. The van der Waals surface area contributed by atoms with Gasteiger partial charge in [-0.05, 0) is 0 Å². The van der Waals surface area contributed by atoms with Gasteiger partial charge in [-0.15, -0.1) is 0 Å². The summed E-state index contributed by atoms with van der Waals surface area (Å²) >= 11 is 0. The summed E-state index contributed by atoms with van der Waals surface area (Å²) in [6, 6.07) is 1.00. The van der Waals surface area contributed by atoms with Gasteiger partial charge in [0, 0.05) is 19.7 Å². The molecule has 0 spiro atoms. The van der Waals surface area contributed by atoms with Gasteiger partial charge in [-0.2, -0.15) is 0 Å². The summed E-state index contributed by atoms with van der Waals surface area (Å²) in [6.07, 6.45) is 0.948. The van der Waals surface area contributed by atoms with Gasteiger partial charge >= 0.3 is 0 Å². The van der Waals surface area contributed by atoms with E-state index in [-0.39, 0.29) is 23.6 Å². The molecule has 10 nitrogen and oxygen atoms in total. The highest BCUT2D eigenvalue weighted by Crippen LogP contribution is 2.16. The number of anilines is 1. The van der Waals surface area contributed by atoms with Gasteiger partial charge in [-0.1, -0.05) is 0 Å². The van der Waals surface area contributed by atoms with Crippen LogP contribution in [0, 0.1) is 10.1 Å². The molecule has 0 radical (unpaired) electrons. The molecular formula is C11H15N5O5. The fourth-order valence-electron chi connectivity index (χ4n) is 1.36. The van der Waals surface area contributed by atoms with Crippen molar-refractivity contribution in [3.63, 3.8) is 0 Å². The van der Waals surface area contributed by atoms with Crippen molar-refractivity contribution in [3.05, 3.63) is 27.9 Å².